The van der Waals surface area contributed by atoms with E-state index in [4.69, 9.17) is 0 Å². The van der Waals surface area contributed by atoms with Crippen LogP contribution in [-0.2, 0) is 0 Å². The largest absolute Gasteiger partial charge is 0.379 e. The Morgan fingerprint density at radius 1 is 1.62 bits per heavy atom. The Bertz CT molecular complexity index is 63.4. The molecule has 2 nitrogen and oxygen atoms in total. The normalized spacial score (nSPS) is 10.6. The van der Waals surface area contributed by atoms with E-state index in [0.717, 1.165) is 23.5 Å². The lowest BCUT2D eigenvalue weighted by molar-refractivity contribution is 0.676. The van der Waals surface area contributed by atoms with Crippen LogP contribution in [0.25, 0.3) is 0 Å². The number of hydrogen-bond acceptors (Lipinski definition) is 2. The topological polar surface area (TPSA) is 24.1 Å². The maximum absolute atomic E-state index is 3.14. The lowest BCUT2D eigenvalue weighted by atomic mass is 10.7. The highest BCUT2D eigenvalue weighted by molar-refractivity contribution is 6.16. The van der Waals surface area contributed by atoms with E-state index in [1.807, 2.05) is 6.20 Å². The van der Waals surface area contributed by atoms with Gasteiger partial charge in [0.25, 0.3) is 0 Å². The fourth-order valence-electron chi connectivity index (χ4n) is 0.374. The molecule has 0 aromatic heterocycles. The molecule has 0 spiro atoms. The molecule has 0 saturated heterocycles. The summed E-state index contributed by atoms with van der Waals surface area (Å²) in [6.45, 7) is 4.00. The van der Waals surface area contributed by atoms with Crippen LogP contribution in [0.1, 0.15) is 6.92 Å². The smallest absolute Gasteiger partial charge is 0.0647 e. The van der Waals surface area contributed by atoms with Gasteiger partial charge in [0.2, 0.25) is 0 Å². The van der Waals surface area contributed by atoms with Crippen molar-refractivity contribution in [3.8, 4) is 0 Å². The molecule has 0 bridgehead atoms. The van der Waals surface area contributed by atoms with Gasteiger partial charge in [-0.2, -0.15) is 0 Å². The molecule has 0 aromatic rings. The van der Waals surface area contributed by atoms with Crippen molar-refractivity contribution in [2.24, 2.45) is 0 Å². The number of nitrogens with one attached hydrogen (secondary N) is 2. The lowest BCUT2D eigenvalue weighted by Gasteiger charge is -1.98. The Labute approximate surface area is 53.8 Å². The average molecular weight is 130 g/mol. The van der Waals surface area contributed by atoms with Gasteiger partial charge in [0.15, 0.2) is 0 Å². The number of hydrogen-bond donors (Lipinski definition) is 2. The van der Waals surface area contributed by atoms with Crippen molar-refractivity contribution in [2.75, 3.05) is 13.2 Å². The van der Waals surface area contributed by atoms with Gasteiger partial charge in [0.1, 0.15) is 0 Å². The highest BCUT2D eigenvalue weighted by Crippen LogP contribution is 1.55. The summed E-state index contributed by atoms with van der Waals surface area (Å²) in [4.78, 5) is 0. The van der Waals surface area contributed by atoms with Gasteiger partial charge < -0.3 is 10.6 Å². The fourth-order valence-corrected chi connectivity index (χ4v) is 0.610. The molecule has 0 amide bonds. The highest BCUT2D eigenvalue weighted by Gasteiger charge is 1.71. The molecular formula is C5H14N2Si. The summed E-state index contributed by atoms with van der Waals surface area (Å²) < 4.78 is 0. The van der Waals surface area contributed by atoms with Crippen LogP contribution in [0.15, 0.2) is 11.9 Å². The standard InChI is InChI=1S/C5H14N2Si/c1-2-6-5-7-3-4-8/h3-4,6-7H,2,5H2,1,8H3. The van der Waals surface area contributed by atoms with Gasteiger partial charge in [-0.05, 0) is 12.7 Å². The van der Waals surface area contributed by atoms with Gasteiger partial charge in [-0.25, -0.2) is 0 Å². The van der Waals surface area contributed by atoms with Gasteiger partial charge >= 0.3 is 0 Å². The molecule has 0 rings (SSSR count). The zero-order chi connectivity index (χ0) is 6.24. The molecule has 0 fully saturated rings. The molecular weight excluding hydrogens is 116 g/mol. The Morgan fingerprint density at radius 2 is 2.38 bits per heavy atom. The first-order chi connectivity index (χ1) is 3.91. The first-order valence-electron chi connectivity index (χ1n) is 2.97. The molecule has 2 N–H and O–H groups in total. The molecule has 0 radical (unpaired) electrons. The van der Waals surface area contributed by atoms with Crippen molar-refractivity contribution in [2.45, 2.75) is 6.92 Å². The van der Waals surface area contributed by atoms with E-state index < -0.39 is 0 Å². The minimum Gasteiger partial charge on any atom is -0.379 e. The summed E-state index contributed by atoms with van der Waals surface area (Å²) in [6.07, 6.45) is 1.98. The Hall–Kier alpha value is -0.283. The van der Waals surface area contributed by atoms with E-state index in [9.17, 15) is 0 Å². The summed E-state index contributed by atoms with van der Waals surface area (Å²) in [6, 6.07) is 0. The van der Waals surface area contributed by atoms with E-state index in [-0.39, 0.29) is 0 Å². The molecule has 0 heterocycles. The molecule has 3 heteroatoms. The molecule has 0 aliphatic rings. The first-order valence-corrected chi connectivity index (χ1v) is 4.12. The summed E-state index contributed by atoms with van der Waals surface area (Å²) >= 11 is 0. The molecule has 0 aliphatic carbocycles. The molecule has 0 aliphatic heterocycles. The monoisotopic (exact) mass is 130 g/mol. The van der Waals surface area contributed by atoms with Crippen LogP contribution in [0.3, 0.4) is 0 Å². The molecule has 0 atom stereocenters. The second-order valence-electron chi connectivity index (χ2n) is 1.48. The Balaban J connectivity index is 2.72. The van der Waals surface area contributed by atoms with Crippen molar-refractivity contribution in [3.63, 3.8) is 0 Å². The predicted molar refractivity (Wildman–Crippen MR) is 40.8 cm³/mol. The second-order valence-corrected chi connectivity index (χ2v) is 2.15. The minimum absolute atomic E-state index is 0.884. The maximum atomic E-state index is 3.14. The zero-order valence-electron chi connectivity index (χ0n) is 5.57. The average Bonchev–Trinajstić information content (AvgIpc) is 1.81. The summed E-state index contributed by atoms with van der Waals surface area (Å²) in [5.41, 5.74) is 2.11. The van der Waals surface area contributed by atoms with Crippen molar-refractivity contribution in [1.82, 2.24) is 10.6 Å². The van der Waals surface area contributed by atoms with Crippen molar-refractivity contribution < 1.29 is 0 Å². The Morgan fingerprint density at radius 3 is 2.88 bits per heavy atom. The first kappa shape index (κ1) is 7.72. The van der Waals surface area contributed by atoms with Crippen LogP contribution < -0.4 is 10.6 Å². The predicted octanol–water partition coefficient (Wildman–Crippen LogP) is -1.02. The van der Waals surface area contributed by atoms with Crippen LogP contribution >= 0.6 is 0 Å². The summed E-state index contributed by atoms with van der Waals surface area (Å²) in [7, 11) is 1.14. The zero-order valence-corrected chi connectivity index (χ0v) is 7.57. The molecule has 0 unspecified atom stereocenters. The quantitative estimate of drug-likeness (QED) is 0.289. The SMILES string of the molecule is CCNCNC=C[SiH3]. The molecule has 48 valence electrons. The van der Waals surface area contributed by atoms with Gasteiger partial charge in [-0.3, -0.25) is 0 Å². The van der Waals surface area contributed by atoms with Gasteiger partial charge in [0.05, 0.1) is 6.67 Å². The van der Waals surface area contributed by atoms with Crippen molar-refractivity contribution >= 4 is 10.2 Å². The van der Waals surface area contributed by atoms with Crippen molar-refractivity contribution in [1.29, 1.82) is 0 Å². The third kappa shape index (κ3) is 5.72. The van der Waals surface area contributed by atoms with Crippen LogP contribution in [0.2, 0.25) is 0 Å². The van der Waals surface area contributed by atoms with Gasteiger partial charge in [0, 0.05) is 10.2 Å². The van der Waals surface area contributed by atoms with Crippen LogP contribution in [0.5, 0.6) is 0 Å². The van der Waals surface area contributed by atoms with Gasteiger partial charge in [-0.15, -0.1) is 0 Å². The lowest BCUT2D eigenvalue weighted by Crippen LogP contribution is -2.24. The Kier molecular flexibility index (Phi) is 6.48. The summed E-state index contributed by atoms with van der Waals surface area (Å²) in [5, 5.41) is 6.22. The highest BCUT2D eigenvalue weighted by atomic mass is 28.1. The third-order valence-electron chi connectivity index (χ3n) is 0.762. The third-order valence-corrected chi connectivity index (χ3v) is 1.09. The number of rotatable bonds is 4. The van der Waals surface area contributed by atoms with E-state index in [2.05, 4.69) is 23.3 Å². The van der Waals surface area contributed by atoms with Crippen molar-refractivity contribution in [3.05, 3.63) is 11.9 Å². The molecule has 8 heavy (non-hydrogen) atoms. The summed E-state index contributed by atoms with van der Waals surface area (Å²) in [5.74, 6) is 0. The minimum atomic E-state index is 0.884. The van der Waals surface area contributed by atoms with E-state index in [0.29, 0.717) is 0 Å². The molecule has 0 saturated carbocycles. The molecule has 0 aromatic carbocycles. The van der Waals surface area contributed by atoms with Crippen LogP contribution in [0, 0.1) is 0 Å². The van der Waals surface area contributed by atoms with E-state index in [1.165, 1.54) is 0 Å². The van der Waals surface area contributed by atoms with Crippen LogP contribution in [-0.4, -0.2) is 23.5 Å². The fraction of sp³-hybridized carbons (Fsp3) is 0.600. The van der Waals surface area contributed by atoms with Crippen LogP contribution in [0.4, 0.5) is 0 Å². The van der Waals surface area contributed by atoms with E-state index >= 15 is 0 Å². The maximum Gasteiger partial charge on any atom is 0.0647 e. The second kappa shape index (κ2) is 6.72. The van der Waals surface area contributed by atoms with Gasteiger partial charge in [-0.1, -0.05) is 12.6 Å². The van der Waals surface area contributed by atoms with E-state index in [1.54, 1.807) is 0 Å².